The molecule has 0 radical (unpaired) electrons. The average molecular weight is 244 g/mol. The van der Waals surface area contributed by atoms with Gasteiger partial charge in [-0.3, -0.25) is 0 Å². The van der Waals surface area contributed by atoms with Gasteiger partial charge in [-0.05, 0) is 50.8 Å². The van der Waals surface area contributed by atoms with Crippen molar-refractivity contribution in [3.05, 3.63) is 0 Å². The topological polar surface area (TPSA) is 15.3 Å². The van der Waals surface area contributed by atoms with Gasteiger partial charge in [-0.25, -0.2) is 0 Å². The van der Waals surface area contributed by atoms with Crippen molar-refractivity contribution < 1.29 is 0 Å². The van der Waals surface area contributed by atoms with Crippen molar-refractivity contribution in [2.24, 2.45) is 5.92 Å². The van der Waals surface area contributed by atoms with Crippen molar-refractivity contribution >= 4 is 11.8 Å². The van der Waals surface area contributed by atoms with Gasteiger partial charge in [0.25, 0.3) is 0 Å². The van der Waals surface area contributed by atoms with Gasteiger partial charge >= 0.3 is 0 Å². The second kappa shape index (κ2) is 7.57. The number of likely N-dealkylation sites (tertiary alicyclic amines) is 1. The van der Waals surface area contributed by atoms with Crippen molar-refractivity contribution in [2.45, 2.75) is 45.7 Å². The summed E-state index contributed by atoms with van der Waals surface area (Å²) in [7, 11) is 0. The van der Waals surface area contributed by atoms with Crippen LogP contribution in [-0.2, 0) is 0 Å². The molecule has 0 saturated carbocycles. The molecule has 2 unspecified atom stereocenters. The van der Waals surface area contributed by atoms with E-state index in [1.807, 2.05) is 11.8 Å². The number of nitrogens with one attached hydrogen (secondary N) is 1. The van der Waals surface area contributed by atoms with E-state index in [0.717, 1.165) is 12.0 Å². The van der Waals surface area contributed by atoms with Crippen LogP contribution in [0, 0.1) is 5.92 Å². The predicted molar refractivity (Wildman–Crippen MR) is 75.3 cm³/mol. The molecule has 2 nitrogen and oxygen atoms in total. The van der Waals surface area contributed by atoms with E-state index >= 15 is 0 Å². The molecule has 0 aromatic carbocycles. The first-order valence-corrected chi connectivity index (χ1v) is 7.99. The van der Waals surface area contributed by atoms with Crippen molar-refractivity contribution in [1.29, 1.82) is 0 Å². The highest BCUT2D eigenvalue weighted by molar-refractivity contribution is 7.98. The number of hydrogen-bond acceptors (Lipinski definition) is 3. The lowest BCUT2D eigenvalue weighted by molar-refractivity contribution is 0.243. The highest BCUT2D eigenvalue weighted by atomic mass is 32.2. The average Bonchev–Trinajstić information content (AvgIpc) is 2.71. The minimum Gasteiger partial charge on any atom is -0.314 e. The van der Waals surface area contributed by atoms with Crippen LogP contribution in [0.15, 0.2) is 0 Å². The Hall–Kier alpha value is 0.270. The largest absolute Gasteiger partial charge is 0.314 e. The SMILES string of the molecule is CSCCC(C)N1CCC(CNC(C)C)C1. The second-order valence-electron chi connectivity index (χ2n) is 5.34. The van der Waals surface area contributed by atoms with E-state index < -0.39 is 0 Å². The zero-order valence-corrected chi connectivity index (χ0v) is 12.1. The molecule has 1 fully saturated rings. The van der Waals surface area contributed by atoms with Crippen LogP contribution in [0.25, 0.3) is 0 Å². The van der Waals surface area contributed by atoms with E-state index in [0.29, 0.717) is 6.04 Å². The molecule has 0 aliphatic carbocycles. The van der Waals surface area contributed by atoms with Crippen molar-refractivity contribution in [3.8, 4) is 0 Å². The third-order valence-corrected chi connectivity index (χ3v) is 4.14. The molecule has 0 aromatic rings. The lowest BCUT2D eigenvalue weighted by Gasteiger charge is -2.24. The van der Waals surface area contributed by atoms with Crippen LogP contribution >= 0.6 is 11.8 Å². The van der Waals surface area contributed by atoms with Crippen molar-refractivity contribution in [3.63, 3.8) is 0 Å². The zero-order valence-electron chi connectivity index (χ0n) is 11.3. The summed E-state index contributed by atoms with van der Waals surface area (Å²) in [5.41, 5.74) is 0. The Labute approximate surface area is 106 Å². The van der Waals surface area contributed by atoms with Gasteiger partial charge in [-0.1, -0.05) is 13.8 Å². The Morgan fingerprint density at radius 1 is 1.38 bits per heavy atom. The third-order valence-electron chi connectivity index (χ3n) is 3.50. The minimum absolute atomic E-state index is 0.628. The predicted octanol–water partition coefficient (Wildman–Crippen LogP) is 2.45. The molecule has 3 heteroatoms. The summed E-state index contributed by atoms with van der Waals surface area (Å²) in [5, 5.41) is 3.56. The van der Waals surface area contributed by atoms with Gasteiger partial charge in [0.1, 0.15) is 0 Å². The number of rotatable bonds is 7. The molecule has 1 N–H and O–H groups in total. The monoisotopic (exact) mass is 244 g/mol. The molecule has 0 spiro atoms. The van der Waals surface area contributed by atoms with Crippen LogP contribution in [0.5, 0.6) is 0 Å². The smallest absolute Gasteiger partial charge is 0.00749 e. The standard InChI is InChI=1S/C13H28N2S/c1-11(2)14-9-13-5-7-15(10-13)12(3)6-8-16-4/h11-14H,5-10H2,1-4H3. The van der Waals surface area contributed by atoms with Crippen LogP contribution in [0.1, 0.15) is 33.6 Å². The molecular formula is C13H28N2S. The normalized spacial score (nSPS) is 24.2. The van der Waals surface area contributed by atoms with Crippen LogP contribution in [0.4, 0.5) is 0 Å². The molecule has 1 rings (SSSR count). The lowest BCUT2D eigenvalue weighted by atomic mass is 10.1. The molecule has 0 bridgehead atoms. The van der Waals surface area contributed by atoms with E-state index in [2.05, 4.69) is 37.2 Å². The summed E-state index contributed by atoms with van der Waals surface area (Å²) in [6.45, 7) is 10.6. The summed E-state index contributed by atoms with van der Waals surface area (Å²) >= 11 is 1.96. The van der Waals surface area contributed by atoms with E-state index in [4.69, 9.17) is 0 Å². The van der Waals surface area contributed by atoms with Crippen LogP contribution in [0.3, 0.4) is 0 Å². The number of nitrogens with zero attached hydrogens (tertiary/aromatic N) is 1. The second-order valence-corrected chi connectivity index (χ2v) is 6.33. The Balaban J connectivity index is 2.18. The lowest BCUT2D eigenvalue weighted by Crippen LogP contribution is -2.34. The van der Waals surface area contributed by atoms with E-state index in [1.165, 1.54) is 38.2 Å². The summed E-state index contributed by atoms with van der Waals surface area (Å²) in [5.74, 6) is 2.17. The maximum atomic E-state index is 3.56. The minimum atomic E-state index is 0.628. The maximum absolute atomic E-state index is 3.56. The Kier molecular flexibility index (Phi) is 6.78. The first kappa shape index (κ1) is 14.3. The van der Waals surface area contributed by atoms with Crippen molar-refractivity contribution in [2.75, 3.05) is 31.6 Å². The molecular weight excluding hydrogens is 216 g/mol. The fraction of sp³-hybridized carbons (Fsp3) is 1.00. The Bertz CT molecular complexity index is 185. The number of hydrogen-bond donors (Lipinski definition) is 1. The quantitative estimate of drug-likeness (QED) is 0.740. The van der Waals surface area contributed by atoms with Crippen molar-refractivity contribution in [1.82, 2.24) is 10.2 Å². The van der Waals surface area contributed by atoms with Gasteiger partial charge in [-0.15, -0.1) is 0 Å². The maximum Gasteiger partial charge on any atom is 0.00749 e. The Morgan fingerprint density at radius 2 is 2.12 bits per heavy atom. The molecule has 0 aromatic heterocycles. The fourth-order valence-electron chi connectivity index (χ4n) is 2.30. The van der Waals surface area contributed by atoms with Crippen LogP contribution in [0.2, 0.25) is 0 Å². The van der Waals surface area contributed by atoms with E-state index in [1.54, 1.807) is 0 Å². The molecule has 16 heavy (non-hydrogen) atoms. The number of thioether (sulfide) groups is 1. The van der Waals surface area contributed by atoms with Crippen LogP contribution < -0.4 is 5.32 Å². The summed E-state index contributed by atoms with van der Waals surface area (Å²) in [4.78, 5) is 2.67. The molecule has 96 valence electrons. The molecule has 2 atom stereocenters. The molecule has 1 aliphatic heterocycles. The van der Waals surface area contributed by atoms with Crippen LogP contribution in [-0.4, -0.2) is 48.6 Å². The molecule has 1 heterocycles. The third kappa shape index (κ3) is 5.07. The van der Waals surface area contributed by atoms with Gasteiger partial charge in [0.15, 0.2) is 0 Å². The van der Waals surface area contributed by atoms with Gasteiger partial charge < -0.3 is 10.2 Å². The molecule has 0 amide bonds. The summed E-state index contributed by atoms with van der Waals surface area (Å²) < 4.78 is 0. The first-order chi connectivity index (χ1) is 7.63. The molecule has 1 saturated heterocycles. The van der Waals surface area contributed by atoms with Gasteiger partial charge in [0.2, 0.25) is 0 Å². The highest BCUT2D eigenvalue weighted by Crippen LogP contribution is 2.20. The zero-order chi connectivity index (χ0) is 12.0. The van der Waals surface area contributed by atoms with E-state index in [9.17, 15) is 0 Å². The summed E-state index contributed by atoms with van der Waals surface area (Å²) in [6, 6.07) is 1.40. The Morgan fingerprint density at radius 3 is 2.75 bits per heavy atom. The van der Waals surface area contributed by atoms with Gasteiger partial charge in [0.05, 0.1) is 0 Å². The first-order valence-electron chi connectivity index (χ1n) is 6.59. The van der Waals surface area contributed by atoms with Gasteiger partial charge in [0, 0.05) is 18.6 Å². The van der Waals surface area contributed by atoms with E-state index in [-0.39, 0.29) is 0 Å². The summed E-state index contributed by atoms with van der Waals surface area (Å²) in [6.07, 6.45) is 4.92. The van der Waals surface area contributed by atoms with Gasteiger partial charge in [-0.2, -0.15) is 11.8 Å². The highest BCUT2D eigenvalue weighted by Gasteiger charge is 2.25. The molecule has 1 aliphatic rings. The fourth-order valence-corrected chi connectivity index (χ4v) is 2.88.